The molecule has 1 saturated heterocycles. The number of piperidine rings is 1. The van der Waals surface area contributed by atoms with Crippen LogP contribution in [0.3, 0.4) is 0 Å². The number of aromatic nitrogens is 1. The molecule has 0 spiro atoms. The largest absolute Gasteiger partial charge is 0.372 e. The van der Waals surface area contributed by atoms with E-state index in [0.717, 1.165) is 40.6 Å². The molecule has 0 radical (unpaired) electrons. The van der Waals surface area contributed by atoms with E-state index in [0.29, 0.717) is 18.7 Å². The van der Waals surface area contributed by atoms with Crippen LogP contribution in [0, 0.1) is 6.92 Å². The number of hydrogen-bond acceptors (Lipinski definition) is 6. The summed E-state index contributed by atoms with van der Waals surface area (Å²) in [5.74, 6) is -1.13. The second kappa shape index (κ2) is 11.0. The smallest absolute Gasteiger partial charge is 0.241 e. The summed E-state index contributed by atoms with van der Waals surface area (Å²) < 4.78 is 27.3. The topological polar surface area (TPSA) is 91.4 Å². The van der Waals surface area contributed by atoms with Crippen LogP contribution in [0.5, 0.6) is 0 Å². The number of thiazole rings is 1. The highest BCUT2D eigenvalue weighted by Crippen LogP contribution is 2.23. The molecule has 0 aliphatic carbocycles. The van der Waals surface area contributed by atoms with Gasteiger partial charge in [-0.15, -0.1) is 11.3 Å². The van der Waals surface area contributed by atoms with Gasteiger partial charge in [-0.25, -0.2) is 13.4 Å². The van der Waals surface area contributed by atoms with Crippen molar-refractivity contribution in [2.45, 2.75) is 32.6 Å². The van der Waals surface area contributed by atoms with Crippen LogP contribution >= 0.6 is 11.3 Å². The normalized spacial score (nSPS) is 14.1. The van der Waals surface area contributed by atoms with Crippen molar-refractivity contribution in [2.24, 2.45) is 0 Å². The summed E-state index contributed by atoms with van der Waals surface area (Å²) in [5.41, 5.74) is 4.63. The maximum absolute atomic E-state index is 12.4. The Morgan fingerprint density at radius 2 is 1.74 bits per heavy atom. The molecule has 34 heavy (non-hydrogen) atoms. The van der Waals surface area contributed by atoms with Gasteiger partial charge in [-0.3, -0.25) is 9.52 Å². The number of carbonyl (C=O) groups is 1. The minimum atomic E-state index is -3.78. The molecule has 1 aliphatic heterocycles. The lowest BCUT2D eigenvalue weighted by atomic mass is 10.1. The SMILES string of the molecule is Cc1nc(-c2ccc(CCNC(=O)CS(=O)(=O)Nc3ccc(N4CCCCC4)cc3)cc2)cs1. The average Bonchev–Trinajstić information content (AvgIpc) is 3.26. The minimum absolute atomic E-state index is 0.369. The van der Waals surface area contributed by atoms with Crippen LogP contribution in [0.2, 0.25) is 0 Å². The summed E-state index contributed by atoms with van der Waals surface area (Å²) in [6.07, 6.45) is 4.24. The minimum Gasteiger partial charge on any atom is -0.372 e. The summed E-state index contributed by atoms with van der Waals surface area (Å²) in [7, 11) is -3.78. The number of amides is 1. The molecule has 1 aromatic heterocycles. The fourth-order valence-corrected chi connectivity index (χ4v) is 5.65. The van der Waals surface area contributed by atoms with Gasteiger partial charge in [-0.2, -0.15) is 0 Å². The molecular weight excluding hydrogens is 468 g/mol. The van der Waals surface area contributed by atoms with Gasteiger partial charge in [-0.05, 0) is 62.4 Å². The van der Waals surface area contributed by atoms with E-state index in [2.05, 4.69) is 19.9 Å². The molecule has 7 nitrogen and oxygen atoms in total. The zero-order valence-corrected chi connectivity index (χ0v) is 20.9. The van der Waals surface area contributed by atoms with Gasteiger partial charge in [0.05, 0.1) is 10.7 Å². The number of rotatable bonds is 9. The van der Waals surface area contributed by atoms with Crippen molar-refractivity contribution in [3.8, 4) is 11.3 Å². The van der Waals surface area contributed by atoms with Crippen LogP contribution in [0.4, 0.5) is 11.4 Å². The van der Waals surface area contributed by atoms with Crippen molar-refractivity contribution in [1.82, 2.24) is 10.3 Å². The van der Waals surface area contributed by atoms with Crippen LogP contribution in [-0.2, 0) is 21.2 Å². The molecule has 9 heteroatoms. The predicted molar refractivity (Wildman–Crippen MR) is 139 cm³/mol. The molecule has 0 bridgehead atoms. The molecule has 1 aliphatic rings. The van der Waals surface area contributed by atoms with E-state index in [1.807, 2.05) is 48.7 Å². The van der Waals surface area contributed by atoms with Crippen LogP contribution in [0.1, 0.15) is 29.8 Å². The first-order valence-electron chi connectivity index (χ1n) is 11.5. The molecule has 4 rings (SSSR count). The van der Waals surface area contributed by atoms with Gasteiger partial charge in [0.1, 0.15) is 5.75 Å². The Bertz CT molecular complexity index is 1200. The number of anilines is 2. The van der Waals surface area contributed by atoms with Crippen molar-refractivity contribution in [1.29, 1.82) is 0 Å². The molecule has 0 atom stereocenters. The van der Waals surface area contributed by atoms with Gasteiger partial charge < -0.3 is 10.2 Å². The van der Waals surface area contributed by atoms with Gasteiger partial charge in [0.15, 0.2) is 0 Å². The van der Waals surface area contributed by atoms with Crippen LogP contribution < -0.4 is 14.9 Å². The van der Waals surface area contributed by atoms with E-state index in [9.17, 15) is 13.2 Å². The zero-order chi connectivity index (χ0) is 24.0. The van der Waals surface area contributed by atoms with E-state index in [1.165, 1.54) is 19.3 Å². The molecule has 1 fully saturated rings. The highest BCUT2D eigenvalue weighted by atomic mass is 32.2. The summed E-state index contributed by atoms with van der Waals surface area (Å²) in [5, 5.41) is 5.76. The Morgan fingerprint density at radius 3 is 2.38 bits per heavy atom. The van der Waals surface area contributed by atoms with Gasteiger partial charge in [0.2, 0.25) is 15.9 Å². The van der Waals surface area contributed by atoms with Crippen molar-refractivity contribution in [2.75, 3.05) is 35.0 Å². The molecule has 0 saturated carbocycles. The molecular formula is C25H30N4O3S2. The Labute approximate surface area is 205 Å². The van der Waals surface area contributed by atoms with Gasteiger partial charge in [0, 0.05) is 42.0 Å². The predicted octanol–water partition coefficient (Wildman–Crippen LogP) is 4.21. The number of nitrogens with zero attached hydrogens (tertiary/aromatic N) is 2. The van der Waals surface area contributed by atoms with E-state index < -0.39 is 21.7 Å². The summed E-state index contributed by atoms with van der Waals surface area (Å²) >= 11 is 1.62. The lowest BCUT2D eigenvalue weighted by Gasteiger charge is -2.28. The highest BCUT2D eigenvalue weighted by molar-refractivity contribution is 7.93. The lowest BCUT2D eigenvalue weighted by molar-refractivity contribution is -0.118. The third kappa shape index (κ3) is 6.80. The van der Waals surface area contributed by atoms with E-state index in [4.69, 9.17) is 0 Å². The van der Waals surface area contributed by atoms with Gasteiger partial charge in [-0.1, -0.05) is 24.3 Å². The fraction of sp³-hybridized carbons (Fsp3) is 0.360. The number of aryl methyl sites for hydroxylation is 1. The van der Waals surface area contributed by atoms with Crippen molar-refractivity contribution < 1.29 is 13.2 Å². The standard InChI is InChI=1S/C25H30N4O3S2/c1-19-27-24(17-33-19)21-7-5-20(6-8-21)13-14-26-25(30)18-34(31,32)28-22-9-11-23(12-10-22)29-15-3-2-4-16-29/h5-12,17,28H,2-4,13-16,18H2,1H3,(H,26,30). The first-order valence-corrected chi connectivity index (χ1v) is 14.0. The Balaban J connectivity index is 1.22. The van der Waals surface area contributed by atoms with Crippen molar-refractivity contribution in [3.63, 3.8) is 0 Å². The monoisotopic (exact) mass is 498 g/mol. The molecule has 2 aromatic carbocycles. The lowest BCUT2D eigenvalue weighted by Crippen LogP contribution is -2.34. The molecule has 0 unspecified atom stereocenters. The molecule has 180 valence electrons. The summed E-state index contributed by atoms with van der Waals surface area (Å²) in [6.45, 7) is 4.41. The van der Waals surface area contributed by atoms with Crippen LogP contribution in [0.25, 0.3) is 11.3 Å². The Kier molecular flexibility index (Phi) is 7.84. The van der Waals surface area contributed by atoms with E-state index in [1.54, 1.807) is 23.5 Å². The van der Waals surface area contributed by atoms with Gasteiger partial charge in [0.25, 0.3) is 0 Å². The molecule has 2 heterocycles. The number of hydrogen-bond donors (Lipinski definition) is 2. The number of nitrogens with one attached hydrogen (secondary N) is 2. The molecule has 3 aromatic rings. The fourth-order valence-electron chi connectivity index (χ4n) is 4.02. The van der Waals surface area contributed by atoms with E-state index in [-0.39, 0.29) is 0 Å². The Hall–Kier alpha value is -2.91. The van der Waals surface area contributed by atoms with Crippen molar-refractivity contribution >= 4 is 38.6 Å². The average molecular weight is 499 g/mol. The maximum atomic E-state index is 12.4. The first kappa shape index (κ1) is 24.2. The third-order valence-electron chi connectivity index (χ3n) is 5.79. The first-order chi connectivity index (χ1) is 16.4. The second-order valence-corrected chi connectivity index (χ2v) is 11.3. The van der Waals surface area contributed by atoms with Crippen molar-refractivity contribution in [3.05, 3.63) is 64.5 Å². The number of benzene rings is 2. The summed E-state index contributed by atoms with van der Waals surface area (Å²) in [4.78, 5) is 19.0. The van der Waals surface area contributed by atoms with Crippen LogP contribution in [0.15, 0.2) is 53.9 Å². The second-order valence-electron chi connectivity index (χ2n) is 8.50. The Morgan fingerprint density at radius 1 is 1.03 bits per heavy atom. The quantitative estimate of drug-likeness (QED) is 0.461. The number of sulfonamides is 1. The van der Waals surface area contributed by atoms with Gasteiger partial charge >= 0.3 is 0 Å². The molecule has 1 amide bonds. The maximum Gasteiger partial charge on any atom is 0.241 e. The molecule has 2 N–H and O–H groups in total. The third-order valence-corrected chi connectivity index (χ3v) is 7.75. The summed E-state index contributed by atoms with van der Waals surface area (Å²) in [6, 6.07) is 15.4. The van der Waals surface area contributed by atoms with Crippen LogP contribution in [-0.4, -0.2) is 44.7 Å². The highest BCUT2D eigenvalue weighted by Gasteiger charge is 2.17. The number of carbonyl (C=O) groups excluding carboxylic acids is 1. The zero-order valence-electron chi connectivity index (χ0n) is 19.3. The van der Waals surface area contributed by atoms with E-state index >= 15 is 0 Å².